The second-order valence-electron chi connectivity index (χ2n) is 4.90. The lowest BCUT2D eigenvalue weighted by Gasteiger charge is -2.09. The predicted molar refractivity (Wildman–Crippen MR) is 79.7 cm³/mol. The maximum atomic E-state index is 13.2. The number of nitrogens with one attached hydrogen (secondary N) is 1. The minimum Gasteiger partial charge on any atom is -0.496 e. The van der Waals surface area contributed by atoms with Gasteiger partial charge in [-0.2, -0.15) is 0 Å². The van der Waals surface area contributed by atoms with Crippen LogP contribution in [0.25, 0.3) is 0 Å². The molecule has 0 aliphatic carbocycles. The van der Waals surface area contributed by atoms with E-state index in [0.717, 1.165) is 5.56 Å². The highest BCUT2D eigenvalue weighted by Gasteiger charge is 2.09. The van der Waals surface area contributed by atoms with Crippen molar-refractivity contribution in [2.75, 3.05) is 7.11 Å². The Hall–Kier alpha value is -2.36. The third kappa shape index (κ3) is 4.31. The maximum Gasteiger partial charge on any atom is 0.224 e. The fourth-order valence-electron chi connectivity index (χ4n) is 2.03. The Morgan fingerprint density at radius 3 is 2.57 bits per heavy atom. The molecule has 110 valence electrons. The lowest BCUT2D eigenvalue weighted by Crippen LogP contribution is -2.24. The molecule has 0 fully saturated rings. The number of hydrogen-bond acceptors (Lipinski definition) is 2. The first-order chi connectivity index (χ1) is 10.1. The van der Waals surface area contributed by atoms with E-state index in [2.05, 4.69) is 5.32 Å². The fraction of sp³-hybridized carbons (Fsp3) is 0.235. The number of amides is 1. The minimum absolute atomic E-state index is 0.0901. The summed E-state index contributed by atoms with van der Waals surface area (Å²) in [6.07, 6.45) is 0.0901. The van der Waals surface area contributed by atoms with Gasteiger partial charge in [-0.25, -0.2) is 4.39 Å². The quantitative estimate of drug-likeness (QED) is 0.918. The molecule has 0 saturated heterocycles. The molecule has 1 N–H and O–H groups in total. The average Bonchev–Trinajstić information content (AvgIpc) is 2.47. The molecule has 21 heavy (non-hydrogen) atoms. The van der Waals surface area contributed by atoms with Gasteiger partial charge in [0.05, 0.1) is 13.5 Å². The van der Waals surface area contributed by atoms with E-state index in [1.165, 1.54) is 30.9 Å². The molecule has 0 spiro atoms. The van der Waals surface area contributed by atoms with E-state index in [-0.39, 0.29) is 18.1 Å². The minimum atomic E-state index is -0.378. The number of hydrogen-bond donors (Lipinski definition) is 1. The van der Waals surface area contributed by atoms with Crippen LogP contribution in [0.15, 0.2) is 42.5 Å². The summed E-state index contributed by atoms with van der Waals surface area (Å²) in [5, 5.41) is 2.82. The predicted octanol–water partition coefficient (Wildman–Crippen LogP) is 3.00. The fourth-order valence-corrected chi connectivity index (χ4v) is 2.03. The number of methoxy groups -OCH3 is 1. The number of rotatable bonds is 5. The maximum absolute atomic E-state index is 13.2. The van der Waals surface area contributed by atoms with Crippen molar-refractivity contribution in [2.45, 2.75) is 19.9 Å². The van der Waals surface area contributed by atoms with Crippen LogP contribution in [0, 0.1) is 12.7 Å². The number of aryl methyl sites for hydroxylation is 1. The summed E-state index contributed by atoms with van der Waals surface area (Å²) in [6.45, 7) is 2.47. The van der Waals surface area contributed by atoms with Crippen molar-refractivity contribution in [3.05, 3.63) is 65.0 Å². The van der Waals surface area contributed by atoms with Crippen LogP contribution < -0.4 is 10.1 Å². The topological polar surface area (TPSA) is 38.3 Å². The summed E-state index contributed by atoms with van der Waals surface area (Å²) in [6, 6.07) is 12.1. The normalized spacial score (nSPS) is 10.2. The van der Waals surface area contributed by atoms with Crippen LogP contribution in [-0.4, -0.2) is 13.0 Å². The molecule has 2 aromatic rings. The van der Waals surface area contributed by atoms with Gasteiger partial charge in [-0.05, 0) is 30.7 Å². The van der Waals surface area contributed by atoms with E-state index in [4.69, 9.17) is 4.74 Å². The number of halogens is 1. The summed E-state index contributed by atoms with van der Waals surface area (Å²) in [4.78, 5) is 11.9. The molecule has 0 bridgehead atoms. The Balaban J connectivity index is 1.95. The van der Waals surface area contributed by atoms with Gasteiger partial charge in [0.25, 0.3) is 0 Å². The molecular weight excluding hydrogens is 269 g/mol. The standard InChI is InChI=1S/C17H18FNO2/c1-12-3-5-13(6-4-12)11-19-17(20)10-14-9-15(18)7-8-16(14)21-2/h3-9H,10-11H2,1-2H3,(H,19,20). The molecule has 0 saturated carbocycles. The molecule has 0 aromatic heterocycles. The van der Waals surface area contributed by atoms with Crippen molar-refractivity contribution < 1.29 is 13.9 Å². The summed E-state index contributed by atoms with van der Waals surface area (Å²) >= 11 is 0. The number of benzene rings is 2. The van der Waals surface area contributed by atoms with E-state index in [1.807, 2.05) is 31.2 Å². The Bertz CT molecular complexity index is 623. The van der Waals surface area contributed by atoms with E-state index in [9.17, 15) is 9.18 Å². The first-order valence-electron chi connectivity index (χ1n) is 6.73. The van der Waals surface area contributed by atoms with E-state index < -0.39 is 0 Å². The third-order valence-electron chi connectivity index (χ3n) is 3.20. The van der Waals surface area contributed by atoms with Gasteiger partial charge in [-0.3, -0.25) is 4.79 Å². The Morgan fingerprint density at radius 1 is 1.19 bits per heavy atom. The zero-order valence-electron chi connectivity index (χ0n) is 12.2. The van der Waals surface area contributed by atoms with Gasteiger partial charge in [-0.15, -0.1) is 0 Å². The van der Waals surface area contributed by atoms with E-state index in [0.29, 0.717) is 17.9 Å². The molecule has 0 heterocycles. The van der Waals surface area contributed by atoms with Gasteiger partial charge in [0.1, 0.15) is 11.6 Å². The first kappa shape index (κ1) is 15.0. The highest BCUT2D eigenvalue weighted by atomic mass is 19.1. The van der Waals surface area contributed by atoms with Gasteiger partial charge in [0.15, 0.2) is 0 Å². The van der Waals surface area contributed by atoms with Gasteiger partial charge in [-0.1, -0.05) is 29.8 Å². The van der Waals surface area contributed by atoms with Crippen molar-refractivity contribution in [1.82, 2.24) is 5.32 Å². The van der Waals surface area contributed by atoms with Crippen molar-refractivity contribution in [3.63, 3.8) is 0 Å². The molecular formula is C17H18FNO2. The molecule has 4 heteroatoms. The smallest absolute Gasteiger partial charge is 0.224 e. The first-order valence-corrected chi connectivity index (χ1v) is 6.73. The zero-order valence-corrected chi connectivity index (χ0v) is 12.2. The average molecular weight is 287 g/mol. The monoisotopic (exact) mass is 287 g/mol. The number of carbonyl (C=O) groups excluding carboxylic acids is 1. The molecule has 0 atom stereocenters. The summed E-state index contributed by atoms with van der Waals surface area (Å²) in [5.74, 6) is -0.0292. The van der Waals surface area contributed by atoms with Crippen LogP contribution in [0.1, 0.15) is 16.7 Å². The molecule has 1 amide bonds. The van der Waals surface area contributed by atoms with E-state index in [1.54, 1.807) is 0 Å². The highest BCUT2D eigenvalue weighted by Crippen LogP contribution is 2.19. The van der Waals surface area contributed by atoms with Crippen LogP contribution in [-0.2, 0) is 17.8 Å². The lowest BCUT2D eigenvalue weighted by molar-refractivity contribution is -0.120. The lowest BCUT2D eigenvalue weighted by atomic mass is 10.1. The second kappa shape index (κ2) is 6.88. The summed E-state index contributed by atoms with van der Waals surface area (Å²) in [5.41, 5.74) is 2.74. The van der Waals surface area contributed by atoms with Crippen LogP contribution in [0.4, 0.5) is 4.39 Å². The van der Waals surface area contributed by atoms with Crippen molar-refractivity contribution in [1.29, 1.82) is 0 Å². The third-order valence-corrected chi connectivity index (χ3v) is 3.20. The second-order valence-corrected chi connectivity index (χ2v) is 4.90. The summed E-state index contributed by atoms with van der Waals surface area (Å²) in [7, 11) is 1.50. The number of ether oxygens (including phenoxy) is 1. The molecule has 3 nitrogen and oxygen atoms in total. The Labute approximate surface area is 123 Å². The van der Waals surface area contributed by atoms with Crippen LogP contribution in [0.5, 0.6) is 5.75 Å². The van der Waals surface area contributed by atoms with Gasteiger partial charge in [0, 0.05) is 12.1 Å². The van der Waals surface area contributed by atoms with Crippen molar-refractivity contribution in [3.8, 4) is 5.75 Å². The largest absolute Gasteiger partial charge is 0.496 e. The van der Waals surface area contributed by atoms with E-state index >= 15 is 0 Å². The Morgan fingerprint density at radius 2 is 1.90 bits per heavy atom. The van der Waals surface area contributed by atoms with Crippen molar-refractivity contribution in [2.24, 2.45) is 0 Å². The van der Waals surface area contributed by atoms with Gasteiger partial charge in [0.2, 0.25) is 5.91 Å². The Kier molecular flexibility index (Phi) is 4.93. The summed E-state index contributed by atoms with van der Waals surface area (Å²) < 4.78 is 18.4. The SMILES string of the molecule is COc1ccc(F)cc1CC(=O)NCc1ccc(C)cc1. The molecule has 2 aromatic carbocycles. The van der Waals surface area contributed by atoms with Crippen LogP contribution in [0.3, 0.4) is 0 Å². The molecule has 0 aliphatic rings. The molecule has 0 radical (unpaired) electrons. The van der Waals surface area contributed by atoms with Crippen LogP contribution >= 0.6 is 0 Å². The van der Waals surface area contributed by atoms with Crippen molar-refractivity contribution >= 4 is 5.91 Å². The van der Waals surface area contributed by atoms with Gasteiger partial charge < -0.3 is 10.1 Å². The molecule has 2 rings (SSSR count). The zero-order chi connectivity index (χ0) is 15.2. The molecule has 0 aliphatic heterocycles. The molecule has 0 unspecified atom stereocenters. The number of carbonyl (C=O) groups is 1. The van der Waals surface area contributed by atoms with Crippen LogP contribution in [0.2, 0.25) is 0 Å². The van der Waals surface area contributed by atoms with Gasteiger partial charge >= 0.3 is 0 Å². The highest BCUT2D eigenvalue weighted by molar-refractivity contribution is 5.79.